The second kappa shape index (κ2) is 7.02. The minimum atomic E-state index is -0.131. The van der Waals surface area contributed by atoms with Gasteiger partial charge in [-0.1, -0.05) is 6.92 Å². The Bertz CT molecular complexity index is 598. The summed E-state index contributed by atoms with van der Waals surface area (Å²) in [6.07, 6.45) is 3.46. The van der Waals surface area contributed by atoms with E-state index >= 15 is 0 Å². The molecule has 0 saturated carbocycles. The molecule has 0 spiro atoms. The average Bonchev–Trinajstić information content (AvgIpc) is 3.13. The molecule has 1 atom stereocenters. The Morgan fingerprint density at radius 2 is 2.43 bits per heavy atom. The number of hydrogen-bond donors (Lipinski definition) is 3. The standard InChI is InChI=1S/C13H17N5OS.ClH/c1-2-9(13-15-5-6-20-13)16-12(19)11-8-7-14-4-3-10(8)17-18-11;/h5-6,9,14H,2-4,7H2,1H3,(H,16,19)(H,17,18);1H. The first-order valence-corrected chi connectivity index (χ1v) is 7.64. The Morgan fingerprint density at radius 1 is 1.57 bits per heavy atom. The van der Waals surface area contributed by atoms with Crippen LogP contribution in [-0.2, 0) is 13.0 Å². The van der Waals surface area contributed by atoms with Crippen molar-refractivity contribution in [3.8, 4) is 0 Å². The zero-order chi connectivity index (χ0) is 13.9. The number of nitrogens with zero attached hydrogens (tertiary/aromatic N) is 2. The van der Waals surface area contributed by atoms with Crippen LogP contribution in [0.2, 0.25) is 0 Å². The highest BCUT2D eigenvalue weighted by atomic mass is 35.5. The second-order valence-corrected chi connectivity index (χ2v) is 5.69. The summed E-state index contributed by atoms with van der Waals surface area (Å²) < 4.78 is 0. The van der Waals surface area contributed by atoms with Gasteiger partial charge in [0, 0.05) is 42.3 Å². The van der Waals surface area contributed by atoms with Gasteiger partial charge in [-0.05, 0) is 6.42 Å². The highest BCUT2D eigenvalue weighted by Crippen LogP contribution is 2.21. The molecule has 0 bridgehead atoms. The normalized spacial score (nSPS) is 14.9. The number of carbonyl (C=O) groups excluding carboxylic acids is 1. The third-order valence-corrected chi connectivity index (χ3v) is 4.37. The molecule has 114 valence electrons. The molecule has 0 aromatic carbocycles. The van der Waals surface area contributed by atoms with E-state index in [0.717, 1.165) is 35.7 Å². The van der Waals surface area contributed by atoms with Crippen molar-refractivity contribution in [1.29, 1.82) is 0 Å². The molecule has 1 unspecified atom stereocenters. The quantitative estimate of drug-likeness (QED) is 0.800. The number of rotatable bonds is 4. The topological polar surface area (TPSA) is 82.7 Å². The predicted molar refractivity (Wildman–Crippen MR) is 83.9 cm³/mol. The van der Waals surface area contributed by atoms with Crippen molar-refractivity contribution in [2.24, 2.45) is 0 Å². The predicted octanol–water partition coefficient (Wildman–Crippen LogP) is 1.81. The number of amides is 1. The number of fused-ring (bicyclic) bond motifs is 1. The highest BCUT2D eigenvalue weighted by molar-refractivity contribution is 7.09. The summed E-state index contributed by atoms with van der Waals surface area (Å²) in [5.41, 5.74) is 2.56. The van der Waals surface area contributed by atoms with E-state index in [2.05, 4.69) is 25.8 Å². The monoisotopic (exact) mass is 327 g/mol. The van der Waals surface area contributed by atoms with Gasteiger partial charge in [0.2, 0.25) is 0 Å². The average molecular weight is 328 g/mol. The van der Waals surface area contributed by atoms with Crippen LogP contribution in [0.15, 0.2) is 11.6 Å². The van der Waals surface area contributed by atoms with E-state index in [1.54, 1.807) is 17.5 Å². The van der Waals surface area contributed by atoms with Crippen LogP contribution < -0.4 is 10.6 Å². The Balaban J connectivity index is 0.00000161. The summed E-state index contributed by atoms with van der Waals surface area (Å²) in [5, 5.41) is 16.3. The van der Waals surface area contributed by atoms with E-state index in [-0.39, 0.29) is 24.4 Å². The molecule has 2 aromatic heterocycles. The van der Waals surface area contributed by atoms with Crippen molar-refractivity contribution in [3.05, 3.63) is 33.5 Å². The van der Waals surface area contributed by atoms with Gasteiger partial charge in [-0.3, -0.25) is 9.89 Å². The van der Waals surface area contributed by atoms with Crippen molar-refractivity contribution in [3.63, 3.8) is 0 Å². The fourth-order valence-electron chi connectivity index (χ4n) is 2.38. The van der Waals surface area contributed by atoms with E-state index in [1.165, 1.54) is 0 Å². The van der Waals surface area contributed by atoms with Crippen molar-refractivity contribution in [1.82, 2.24) is 25.8 Å². The van der Waals surface area contributed by atoms with Crippen molar-refractivity contribution in [2.75, 3.05) is 6.54 Å². The lowest BCUT2D eigenvalue weighted by Crippen LogP contribution is -2.31. The lowest BCUT2D eigenvalue weighted by atomic mass is 10.1. The van der Waals surface area contributed by atoms with E-state index < -0.39 is 0 Å². The van der Waals surface area contributed by atoms with E-state index in [4.69, 9.17) is 0 Å². The molecule has 8 heteroatoms. The first-order chi connectivity index (χ1) is 9.79. The zero-order valence-corrected chi connectivity index (χ0v) is 13.3. The van der Waals surface area contributed by atoms with Crippen LogP contribution in [-0.4, -0.2) is 27.6 Å². The van der Waals surface area contributed by atoms with E-state index in [1.807, 2.05) is 12.3 Å². The van der Waals surface area contributed by atoms with Crippen LogP contribution in [0.3, 0.4) is 0 Å². The van der Waals surface area contributed by atoms with Gasteiger partial charge in [0.25, 0.3) is 5.91 Å². The van der Waals surface area contributed by atoms with Gasteiger partial charge in [-0.2, -0.15) is 5.10 Å². The summed E-state index contributed by atoms with van der Waals surface area (Å²) in [6.45, 7) is 3.66. The summed E-state index contributed by atoms with van der Waals surface area (Å²) in [7, 11) is 0. The van der Waals surface area contributed by atoms with Crippen molar-refractivity contribution >= 4 is 29.7 Å². The lowest BCUT2D eigenvalue weighted by molar-refractivity contribution is 0.0929. The fourth-order valence-corrected chi connectivity index (χ4v) is 3.16. The lowest BCUT2D eigenvalue weighted by Gasteiger charge is -2.16. The number of hydrogen-bond acceptors (Lipinski definition) is 5. The number of halogens is 1. The summed E-state index contributed by atoms with van der Waals surface area (Å²) >= 11 is 1.56. The Kier molecular flexibility index (Phi) is 5.33. The molecular weight excluding hydrogens is 310 g/mol. The number of aromatic nitrogens is 3. The van der Waals surface area contributed by atoms with Gasteiger partial charge < -0.3 is 10.6 Å². The maximum absolute atomic E-state index is 12.4. The molecule has 6 nitrogen and oxygen atoms in total. The summed E-state index contributed by atoms with van der Waals surface area (Å²) in [6, 6.07) is -0.0496. The van der Waals surface area contributed by atoms with Crippen molar-refractivity contribution in [2.45, 2.75) is 32.4 Å². The number of carbonyl (C=O) groups is 1. The highest BCUT2D eigenvalue weighted by Gasteiger charge is 2.24. The van der Waals surface area contributed by atoms with Gasteiger partial charge in [-0.25, -0.2) is 4.98 Å². The van der Waals surface area contributed by atoms with Crippen LogP contribution in [0.1, 0.15) is 46.1 Å². The number of H-pyrrole nitrogens is 1. The molecule has 0 fully saturated rings. The second-order valence-electron chi connectivity index (χ2n) is 4.76. The van der Waals surface area contributed by atoms with Gasteiger partial charge in [-0.15, -0.1) is 23.7 Å². The van der Waals surface area contributed by atoms with Crippen molar-refractivity contribution < 1.29 is 4.79 Å². The molecule has 3 heterocycles. The molecule has 0 radical (unpaired) electrons. The minimum Gasteiger partial charge on any atom is -0.341 e. The Hall–Kier alpha value is -1.44. The fraction of sp³-hybridized carbons (Fsp3) is 0.462. The first-order valence-electron chi connectivity index (χ1n) is 6.76. The zero-order valence-electron chi connectivity index (χ0n) is 11.7. The molecule has 3 rings (SSSR count). The van der Waals surface area contributed by atoms with Gasteiger partial charge in [0.05, 0.1) is 6.04 Å². The molecular formula is C13H18ClN5OS. The molecule has 21 heavy (non-hydrogen) atoms. The number of aromatic amines is 1. The van der Waals surface area contributed by atoms with Crippen LogP contribution in [0.5, 0.6) is 0 Å². The first kappa shape index (κ1) is 15.9. The summed E-state index contributed by atoms with van der Waals surface area (Å²) in [4.78, 5) is 16.7. The molecule has 1 amide bonds. The molecule has 0 aliphatic carbocycles. The minimum absolute atomic E-state index is 0. The van der Waals surface area contributed by atoms with Gasteiger partial charge in [0.15, 0.2) is 5.69 Å². The maximum atomic E-state index is 12.4. The molecule has 1 aliphatic heterocycles. The van der Waals surface area contributed by atoms with E-state index in [0.29, 0.717) is 12.2 Å². The summed E-state index contributed by atoms with van der Waals surface area (Å²) in [5.74, 6) is -0.131. The molecule has 2 aromatic rings. The van der Waals surface area contributed by atoms with Crippen LogP contribution in [0.4, 0.5) is 0 Å². The van der Waals surface area contributed by atoms with Gasteiger partial charge in [0.1, 0.15) is 5.01 Å². The Morgan fingerprint density at radius 3 is 3.14 bits per heavy atom. The SMILES string of the molecule is CCC(NC(=O)c1n[nH]c2c1CNCC2)c1nccs1.Cl. The van der Waals surface area contributed by atoms with Crippen LogP contribution in [0, 0.1) is 0 Å². The number of nitrogens with one attached hydrogen (secondary N) is 3. The third-order valence-electron chi connectivity index (χ3n) is 3.48. The largest absolute Gasteiger partial charge is 0.341 e. The van der Waals surface area contributed by atoms with Gasteiger partial charge >= 0.3 is 0 Å². The molecule has 3 N–H and O–H groups in total. The van der Waals surface area contributed by atoms with Crippen LogP contribution >= 0.6 is 23.7 Å². The van der Waals surface area contributed by atoms with Crippen LogP contribution in [0.25, 0.3) is 0 Å². The third kappa shape index (κ3) is 3.25. The molecule has 0 saturated heterocycles. The van der Waals surface area contributed by atoms with E-state index in [9.17, 15) is 4.79 Å². The number of thiazole rings is 1. The smallest absolute Gasteiger partial charge is 0.272 e. The Labute approximate surface area is 133 Å². The molecule has 1 aliphatic rings. The maximum Gasteiger partial charge on any atom is 0.272 e.